The molecule has 1 nitrogen and oxygen atoms in total. The van der Waals surface area contributed by atoms with Crippen LogP contribution in [0, 0.1) is 5.92 Å². The van der Waals surface area contributed by atoms with Crippen LogP contribution in [0.4, 0.5) is 0 Å². The standard InChI is InChI=1S/C20H43N/c1-4-6-7-8-9-10-11-12-13-14-15-16-17-18-21-19-20(3)5-2/h20-21H,4-19H2,1-3H3/t20-/m1/s1. The van der Waals surface area contributed by atoms with E-state index in [4.69, 9.17) is 0 Å². The minimum absolute atomic E-state index is 0.840. The third-order valence-corrected chi connectivity index (χ3v) is 4.65. The molecule has 0 aliphatic heterocycles. The Kier molecular flexibility index (Phi) is 18.0. The Morgan fingerprint density at radius 1 is 0.619 bits per heavy atom. The Labute approximate surface area is 135 Å². The van der Waals surface area contributed by atoms with Crippen LogP contribution in [0.25, 0.3) is 0 Å². The van der Waals surface area contributed by atoms with Crippen molar-refractivity contribution < 1.29 is 0 Å². The number of hydrogen-bond donors (Lipinski definition) is 1. The van der Waals surface area contributed by atoms with Gasteiger partial charge < -0.3 is 5.32 Å². The fourth-order valence-electron chi connectivity index (χ4n) is 2.76. The molecule has 0 heterocycles. The summed E-state index contributed by atoms with van der Waals surface area (Å²) in [4.78, 5) is 0. The van der Waals surface area contributed by atoms with Crippen molar-refractivity contribution in [2.45, 2.75) is 111 Å². The maximum absolute atomic E-state index is 3.58. The smallest absolute Gasteiger partial charge is 0.00233 e. The van der Waals surface area contributed by atoms with E-state index in [1.165, 1.54) is 103 Å². The van der Waals surface area contributed by atoms with Gasteiger partial charge in [-0.3, -0.25) is 0 Å². The zero-order valence-electron chi connectivity index (χ0n) is 15.4. The summed E-state index contributed by atoms with van der Waals surface area (Å²) in [5, 5.41) is 3.58. The van der Waals surface area contributed by atoms with Crippen LogP contribution in [0.2, 0.25) is 0 Å². The van der Waals surface area contributed by atoms with E-state index >= 15 is 0 Å². The first-order chi connectivity index (χ1) is 10.3. The van der Waals surface area contributed by atoms with Crippen LogP contribution < -0.4 is 5.32 Å². The van der Waals surface area contributed by atoms with E-state index in [1.54, 1.807) is 0 Å². The van der Waals surface area contributed by atoms with Crippen molar-refractivity contribution in [1.82, 2.24) is 5.32 Å². The Balaban J connectivity index is 2.96. The van der Waals surface area contributed by atoms with E-state index in [9.17, 15) is 0 Å². The molecule has 0 aromatic heterocycles. The molecule has 0 aromatic carbocycles. The lowest BCUT2D eigenvalue weighted by Crippen LogP contribution is -2.21. The van der Waals surface area contributed by atoms with Crippen molar-refractivity contribution >= 4 is 0 Å². The molecule has 0 aliphatic rings. The van der Waals surface area contributed by atoms with Gasteiger partial charge in [-0.2, -0.15) is 0 Å². The Hall–Kier alpha value is -0.0400. The molecule has 0 radical (unpaired) electrons. The van der Waals surface area contributed by atoms with Crippen LogP contribution in [-0.4, -0.2) is 13.1 Å². The third kappa shape index (κ3) is 17.9. The molecule has 128 valence electrons. The van der Waals surface area contributed by atoms with Gasteiger partial charge in [-0.15, -0.1) is 0 Å². The second kappa shape index (κ2) is 18.0. The van der Waals surface area contributed by atoms with Gasteiger partial charge in [0.15, 0.2) is 0 Å². The van der Waals surface area contributed by atoms with Crippen LogP contribution >= 0.6 is 0 Å². The zero-order valence-corrected chi connectivity index (χ0v) is 15.4. The summed E-state index contributed by atoms with van der Waals surface area (Å²) in [6, 6.07) is 0. The molecule has 0 aromatic rings. The predicted octanol–water partition coefficient (Wildman–Crippen LogP) is 6.71. The molecule has 1 N–H and O–H groups in total. The molecular formula is C20H43N. The highest BCUT2D eigenvalue weighted by Crippen LogP contribution is 2.12. The third-order valence-electron chi connectivity index (χ3n) is 4.65. The van der Waals surface area contributed by atoms with Crippen LogP contribution in [0.1, 0.15) is 111 Å². The van der Waals surface area contributed by atoms with E-state index in [-0.39, 0.29) is 0 Å². The number of unbranched alkanes of at least 4 members (excludes halogenated alkanes) is 12. The molecule has 0 bridgehead atoms. The molecule has 0 spiro atoms. The largest absolute Gasteiger partial charge is 0.316 e. The molecule has 0 saturated carbocycles. The van der Waals surface area contributed by atoms with E-state index in [1.807, 2.05) is 0 Å². The molecule has 0 fully saturated rings. The molecule has 1 heteroatoms. The summed E-state index contributed by atoms with van der Waals surface area (Å²) in [5.74, 6) is 0.840. The summed E-state index contributed by atoms with van der Waals surface area (Å²) < 4.78 is 0. The van der Waals surface area contributed by atoms with E-state index in [0.717, 1.165) is 5.92 Å². The first-order valence-electron chi connectivity index (χ1n) is 10.0. The minimum Gasteiger partial charge on any atom is -0.316 e. The highest BCUT2D eigenvalue weighted by molar-refractivity contribution is 4.55. The van der Waals surface area contributed by atoms with Crippen molar-refractivity contribution in [2.75, 3.05) is 13.1 Å². The maximum atomic E-state index is 3.58. The number of hydrogen-bond acceptors (Lipinski definition) is 1. The quantitative estimate of drug-likeness (QED) is 0.294. The van der Waals surface area contributed by atoms with Crippen LogP contribution in [-0.2, 0) is 0 Å². The van der Waals surface area contributed by atoms with Gasteiger partial charge in [-0.25, -0.2) is 0 Å². The Bertz CT molecular complexity index is 179. The molecule has 0 rings (SSSR count). The summed E-state index contributed by atoms with van der Waals surface area (Å²) in [6.07, 6.45) is 20.1. The van der Waals surface area contributed by atoms with Crippen molar-refractivity contribution in [1.29, 1.82) is 0 Å². The second-order valence-electron chi connectivity index (χ2n) is 6.96. The van der Waals surface area contributed by atoms with Gasteiger partial charge >= 0.3 is 0 Å². The molecular weight excluding hydrogens is 254 g/mol. The summed E-state index contributed by atoms with van der Waals surface area (Å²) in [6.45, 7) is 9.33. The van der Waals surface area contributed by atoms with Gasteiger partial charge in [0.1, 0.15) is 0 Å². The second-order valence-corrected chi connectivity index (χ2v) is 6.96. The lowest BCUT2D eigenvalue weighted by atomic mass is 10.0. The van der Waals surface area contributed by atoms with Gasteiger partial charge in [0.2, 0.25) is 0 Å². The molecule has 1 atom stereocenters. The molecule has 21 heavy (non-hydrogen) atoms. The zero-order chi connectivity index (χ0) is 15.6. The normalized spacial score (nSPS) is 12.7. The molecule has 0 saturated heterocycles. The maximum Gasteiger partial charge on any atom is -0.00233 e. The lowest BCUT2D eigenvalue weighted by Gasteiger charge is -2.09. The van der Waals surface area contributed by atoms with E-state index in [2.05, 4.69) is 26.1 Å². The highest BCUT2D eigenvalue weighted by atomic mass is 14.8. The van der Waals surface area contributed by atoms with E-state index < -0.39 is 0 Å². The fourth-order valence-corrected chi connectivity index (χ4v) is 2.76. The van der Waals surface area contributed by atoms with Crippen LogP contribution in [0.5, 0.6) is 0 Å². The van der Waals surface area contributed by atoms with Crippen LogP contribution in [0.3, 0.4) is 0 Å². The first kappa shape index (κ1) is 21.0. The summed E-state index contributed by atoms with van der Waals surface area (Å²) >= 11 is 0. The summed E-state index contributed by atoms with van der Waals surface area (Å²) in [5.41, 5.74) is 0. The number of rotatable bonds is 17. The highest BCUT2D eigenvalue weighted by Gasteiger charge is 1.97. The first-order valence-corrected chi connectivity index (χ1v) is 10.0. The average molecular weight is 298 g/mol. The lowest BCUT2D eigenvalue weighted by molar-refractivity contribution is 0.484. The van der Waals surface area contributed by atoms with E-state index in [0.29, 0.717) is 0 Å². The topological polar surface area (TPSA) is 12.0 Å². The van der Waals surface area contributed by atoms with Crippen molar-refractivity contribution in [3.8, 4) is 0 Å². The summed E-state index contributed by atoms with van der Waals surface area (Å²) in [7, 11) is 0. The molecule has 0 aliphatic carbocycles. The average Bonchev–Trinajstić information content (AvgIpc) is 2.50. The molecule has 0 unspecified atom stereocenters. The fraction of sp³-hybridized carbons (Fsp3) is 1.00. The monoisotopic (exact) mass is 297 g/mol. The van der Waals surface area contributed by atoms with Gasteiger partial charge in [0.05, 0.1) is 0 Å². The Morgan fingerprint density at radius 3 is 1.48 bits per heavy atom. The number of nitrogens with one attached hydrogen (secondary N) is 1. The van der Waals surface area contributed by atoms with Gasteiger partial charge in [-0.1, -0.05) is 104 Å². The van der Waals surface area contributed by atoms with Gasteiger partial charge in [0.25, 0.3) is 0 Å². The molecule has 0 amide bonds. The van der Waals surface area contributed by atoms with Gasteiger partial charge in [0, 0.05) is 0 Å². The Morgan fingerprint density at radius 2 is 1.05 bits per heavy atom. The van der Waals surface area contributed by atoms with Crippen LogP contribution in [0.15, 0.2) is 0 Å². The predicted molar refractivity (Wildman–Crippen MR) is 98.0 cm³/mol. The van der Waals surface area contributed by atoms with Crippen molar-refractivity contribution in [2.24, 2.45) is 5.92 Å². The van der Waals surface area contributed by atoms with Gasteiger partial charge in [-0.05, 0) is 25.4 Å². The minimum atomic E-state index is 0.840. The SMILES string of the molecule is CCCCCCCCCCCCCCCNC[C@H](C)CC. The van der Waals surface area contributed by atoms with Crippen molar-refractivity contribution in [3.05, 3.63) is 0 Å². The van der Waals surface area contributed by atoms with Crippen molar-refractivity contribution in [3.63, 3.8) is 0 Å².